The van der Waals surface area contributed by atoms with Crippen LogP contribution in [0.4, 0.5) is 20.2 Å². The molecular weight excluding hydrogens is 280 g/mol. The molecular formula is C14H19F2N3O2. The first-order valence-corrected chi connectivity index (χ1v) is 6.91. The summed E-state index contributed by atoms with van der Waals surface area (Å²) in [7, 11) is 0. The Bertz CT molecular complexity index is 502. The third-order valence-electron chi connectivity index (χ3n) is 3.31. The molecule has 1 heterocycles. The smallest absolute Gasteiger partial charge is 0.245 e. The molecule has 21 heavy (non-hydrogen) atoms. The second kappa shape index (κ2) is 6.71. The molecule has 1 aliphatic heterocycles. The summed E-state index contributed by atoms with van der Waals surface area (Å²) in [5.41, 5.74) is 5.19. The first-order valence-electron chi connectivity index (χ1n) is 6.91. The fourth-order valence-corrected chi connectivity index (χ4v) is 2.31. The van der Waals surface area contributed by atoms with Crippen molar-refractivity contribution in [3.8, 4) is 0 Å². The van der Waals surface area contributed by atoms with E-state index >= 15 is 0 Å². The number of morpholine rings is 1. The molecule has 0 bridgehead atoms. The highest BCUT2D eigenvalue weighted by Crippen LogP contribution is 2.28. The van der Waals surface area contributed by atoms with Crippen molar-refractivity contribution in [1.29, 1.82) is 0 Å². The van der Waals surface area contributed by atoms with Crippen molar-refractivity contribution in [2.45, 2.75) is 19.4 Å². The van der Waals surface area contributed by atoms with Crippen LogP contribution in [0.5, 0.6) is 0 Å². The van der Waals surface area contributed by atoms with Gasteiger partial charge in [0, 0.05) is 18.8 Å². The van der Waals surface area contributed by atoms with Gasteiger partial charge >= 0.3 is 0 Å². The molecule has 0 saturated carbocycles. The number of hydrogen-bond acceptors (Lipinski definition) is 4. The van der Waals surface area contributed by atoms with Crippen LogP contribution in [-0.4, -0.2) is 38.3 Å². The summed E-state index contributed by atoms with van der Waals surface area (Å²) < 4.78 is 33.4. The van der Waals surface area contributed by atoms with E-state index in [0.717, 1.165) is 18.6 Å². The average Bonchev–Trinajstić information content (AvgIpc) is 2.44. The van der Waals surface area contributed by atoms with Gasteiger partial charge in [-0.2, -0.15) is 0 Å². The van der Waals surface area contributed by atoms with E-state index in [0.29, 0.717) is 13.2 Å². The number of carbonyl (C=O) groups is 1. The number of benzene rings is 1. The van der Waals surface area contributed by atoms with Crippen LogP contribution in [0.2, 0.25) is 0 Å². The predicted octanol–water partition coefficient (Wildman–Crippen LogP) is 1.28. The standard InChI is InChI=1S/C14H19F2N3O2/c1-2-3-18-14(20)12-8-21-5-4-19(12)13-10(15)6-9(17)7-11(13)16/h6-7,12H,2-5,8,17H2,1H3,(H,18,20). The van der Waals surface area contributed by atoms with E-state index in [1.165, 1.54) is 4.90 Å². The first-order chi connectivity index (χ1) is 10.0. The van der Waals surface area contributed by atoms with Crippen LogP contribution >= 0.6 is 0 Å². The average molecular weight is 299 g/mol. The van der Waals surface area contributed by atoms with Crippen LogP contribution in [0.1, 0.15) is 13.3 Å². The van der Waals surface area contributed by atoms with Crippen molar-refractivity contribution in [2.24, 2.45) is 0 Å². The number of hydrogen-bond donors (Lipinski definition) is 2. The van der Waals surface area contributed by atoms with Crippen LogP contribution in [-0.2, 0) is 9.53 Å². The quantitative estimate of drug-likeness (QED) is 0.822. The zero-order valence-electron chi connectivity index (χ0n) is 11.9. The van der Waals surface area contributed by atoms with Gasteiger partial charge < -0.3 is 20.7 Å². The Morgan fingerprint density at radius 2 is 2.14 bits per heavy atom. The lowest BCUT2D eigenvalue weighted by Gasteiger charge is -2.36. The van der Waals surface area contributed by atoms with Gasteiger partial charge in [0.05, 0.1) is 13.2 Å². The summed E-state index contributed by atoms with van der Waals surface area (Å²) in [6.07, 6.45) is 0.782. The molecule has 116 valence electrons. The van der Waals surface area contributed by atoms with Crippen molar-refractivity contribution in [1.82, 2.24) is 5.32 Å². The molecule has 1 atom stereocenters. The zero-order chi connectivity index (χ0) is 15.4. The van der Waals surface area contributed by atoms with Gasteiger partial charge in [-0.05, 0) is 18.6 Å². The molecule has 0 radical (unpaired) electrons. The van der Waals surface area contributed by atoms with Crippen LogP contribution in [0.3, 0.4) is 0 Å². The van der Waals surface area contributed by atoms with Crippen molar-refractivity contribution in [3.05, 3.63) is 23.8 Å². The maximum atomic E-state index is 14.1. The summed E-state index contributed by atoms with van der Waals surface area (Å²) in [5, 5.41) is 2.72. The molecule has 1 amide bonds. The van der Waals surface area contributed by atoms with Crippen molar-refractivity contribution in [2.75, 3.05) is 36.9 Å². The van der Waals surface area contributed by atoms with E-state index in [2.05, 4.69) is 5.32 Å². The van der Waals surface area contributed by atoms with Crippen molar-refractivity contribution < 1.29 is 18.3 Å². The maximum absolute atomic E-state index is 14.1. The lowest BCUT2D eigenvalue weighted by Crippen LogP contribution is -2.54. The fraction of sp³-hybridized carbons (Fsp3) is 0.500. The van der Waals surface area contributed by atoms with Gasteiger partial charge in [0.15, 0.2) is 11.6 Å². The van der Waals surface area contributed by atoms with Crippen LogP contribution in [0, 0.1) is 11.6 Å². The van der Waals surface area contributed by atoms with E-state index < -0.39 is 17.7 Å². The normalized spacial score (nSPS) is 18.6. The number of halogens is 2. The van der Waals surface area contributed by atoms with E-state index in [-0.39, 0.29) is 30.4 Å². The highest BCUT2D eigenvalue weighted by Gasteiger charge is 2.32. The molecule has 0 spiro atoms. The number of rotatable bonds is 4. The van der Waals surface area contributed by atoms with Crippen molar-refractivity contribution >= 4 is 17.3 Å². The Morgan fingerprint density at radius 3 is 2.76 bits per heavy atom. The summed E-state index contributed by atoms with van der Waals surface area (Å²) in [6.45, 7) is 3.08. The summed E-state index contributed by atoms with van der Waals surface area (Å²) >= 11 is 0. The molecule has 7 heteroatoms. The van der Waals surface area contributed by atoms with E-state index in [1.807, 2.05) is 6.92 Å². The van der Waals surface area contributed by atoms with E-state index in [9.17, 15) is 13.6 Å². The van der Waals surface area contributed by atoms with Gasteiger partial charge in [-0.3, -0.25) is 4.79 Å². The number of nitrogens with zero attached hydrogens (tertiary/aromatic N) is 1. The lowest BCUT2D eigenvalue weighted by atomic mass is 10.1. The summed E-state index contributed by atoms with van der Waals surface area (Å²) in [4.78, 5) is 13.5. The molecule has 1 aromatic carbocycles. The number of ether oxygens (including phenoxy) is 1. The first kappa shape index (κ1) is 15.5. The number of nitrogens with one attached hydrogen (secondary N) is 1. The van der Waals surface area contributed by atoms with E-state index in [1.54, 1.807) is 0 Å². The minimum Gasteiger partial charge on any atom is -0.399 e. The predicted molar refractivity (Wildman–Crippen MR) is 76.0 cm³/mol. The minimum absolute atomic E-state index is 0.00833. The van der Waals surface area contributed by atoms with Gasteiger partial charge in [-0.15, -0.1) is 0 Å². The Morgan fingerprint density at radius 1 is 1.48 bits per heavy atom. The van der Waals surface area contributed by atoms with Gasteiger partial charge in [-0.25, -0.2) is 8.78 Å². The van der Waals surface area contributed by atoms with Gasteiger partial charge in [-0.1, -0.05) is 6.92 Å². The van der Waals surface area contributed by atoms with Gasteiger partial charge in [0.25, 0.3) is 0 Å². The number of carbonyl (C=O) groups excluding carboxylic acids is 1. The van der Waals surface area contributed by atoms with Crippen LogP contribution < -0.4 is 16.0 Å². The number of nitrogen functional groups attached to an aromatic ring is 1. The van der Waals surface area contributed by atoms with Crippen LogP contribution in [0.25, 0.3) is 0 Å². The zero-order valence-corrected chi connectivity index (χ0v) is 11.9. The third kappa shape index (κ3) is 3.41. The second-order valence-corrected chi connectivity index (χ2v) is 4.91. The molecule has 1 aromatic rings. The fourth-order valence-electron chi connectivity index (χ4n) is 2.31. The van der Waals surface area contributed by atoms with Gasteiger partial charge in [0.1, 0.15) is 11.7 Å². The monoisotopic (exact) mass is 299 g/mol. The molecule has 5 nitrogen and oxygen atoms in total. The van der Waals surface area contributed by atoms with E-state index in [4.69, 9.17) is 10.5 Å². The molecule has 0 aromatic heterocycles. The molecule has 1 saturated heterocycles. The molecule has 1 aliphatic rings. The molecule has 1 unspecified atom stereocenters. The highest BCUT2D eigenvalue weighted by molar-refractivity contribution is 5.85. The molecule has 3 N–H and O–H groups in total. The largest absolute Gasteiger partial charge is 0.399 e. The number of amides is 1. The molecule has 0 aliphatic carbocycles. The SMILES string of the molecule is CCCNC(=O)C1COCCN1c1c(F)cc(N)cc1F. The van der Waals surface area contributed by atoms with Crippen molar-refractivity contribution in [3.63, 3.8) is 0 Å². The number of nitrogens with two attached hydrogens (primary N) is 1. The van der Waals surface area contributed by atoms with Crippen LogP contribution in [0.15, 0.2) is 12.1 Å². The Balaban J connectivity index is 2.29. The lowest BCUT2D eigenvalue weighted by molar-refractivity contribution is -0.124. The molecule has 1 fully saturated rings. The molecule has 2 rings (SSSR count). The summed E-state index contributed by atoms with van der Waals surface area (Å²) in [5.74, 6) is -1.85. The van der Waals surface area contributed by atoms with Gasteiger partial charge in [0.2, 0.25) is 5.91 Å². The Hall–Kier alpha value is -1.89. The Kier molecular flexibility index (Phi) is 4.95. The summed E-state index contributed by atoms with van der Waals surface area (Å²) in [6, 6.07) is 1.35. The number of anilines is 2. The Labute approximate surface area is 122 Å². The topological polar surface area (TPSA) is 67.6 Å². The highest BCUT2D eigenvalue weighted by atomic mass is 19.1. The maximum Gasteiger partial charge on any atom is 0.245 e. The third-order valence-corrected chi connectivity index (χ3v) is 3.31. The second-order valence-electron chi connectivity index (χ2n) is 4.91. The minimum atomic E-state index is -0.775.